The number of nitrogens with one attached hydrogen (secondary N) is 2. The van der Waals surface area contributed by atoms with E-state index in [9.17, 15) is 0 Å². The first kappa shape index (κ1) is 11.5. The fraction of sp³-hybridized carbons (Fsp3) is 0.500. The average Bonchev–Trinajstić information content (AvgIpc) is 2.95. The molecule has 2 N–H and O–H groups in total. The topological polar surface area (TPSA) is 44.5 Å². The summed E-state index contributed by atoms with van der Waals surface area (Å²) in [7, 11) is 0. The second-order valence-corrected chi connectivity index (χ2v) is 4.70. The molecule has 0 spiro atoms. The zero-order chi connectivity index (χ0) is 12.2. The molecule has 2 heterocycles. The monoisotopic (exact) mass is 247 g/mol. The van der Waals surface area contributed by atoms with Crippen molar-refractivity contribution in [3.63, 3.8) is 0 Å². The third-order valence-electron chi connectivity index (χ3n) is 3.34. The van der Waals surface area contributed by atoms with Crippen molar-refractivity contribution in [2.45, 2.75) is 18.9 Å². The van der Waals surface area contributed by atoms with Crippen LogP contribution < -0.4 is 15.0 Å². The van der Waals surface area contributed by atoms with Gasteiger partial charge in [0, 0.05) is 0 Å². The van der Waals surface area contributed by atoms with Gasteiger partial charge in [-0.15, -0.1) is 0 Å². The van der Waals surface area contributed by atoms with Crippen molar-refractivity contribution in [2.75, 3.05) is 26.2 Å². The molecule has 0 unspecified atom stereocenters. The van der Waals surface area contributed by atoms with Gasteiger partial charge in [0.15, 0.2) is 13.2 Å². The maximum Gasteiger partial charge on any atom is 0.368 e. The van der Waals surface area contributed by atoms with Gasteiger partial charge in [0.1, 0.15) is 11.9 Å². The molecule has 2 aliphatic rings. The molecule has 0 radical (unpaired) electrons. The fourth-order valence-electron chi connectivity index (χ4n) is 2.34. The summed E-state index contributed by atoms with van der Waals surface area (Å²) in [6, 6.07) is 8.13. The molecular formula is C14H19N2O2+. The summed E-state index contributed by atoms with van der Waals surface area (Å²) in [5, 5.41) is 3.34. The summed E-state index contributed by atoms with van der Waals surface area (Å²) in [5.41, 5.74) is 1.09. The predicted octanol–water partition coefficient (Wildman–Crippen LogP) is -0.325. The van der Waals surface area contributed by atoms with Crippen LogP contribution in [0.4, 0.5) is 0 Å². The normalized spacial score (nSPS) is 20.3. The zero-order valence-corrected chi connectivity index (χ0v) is 10.4. The van der Waals surface area contributed by atoms with Crippen molar-refractivity contribution in [3.8, 4) is 5.75 Å². The van der Waals surface area contributed by atoms with Gasteiger partial charge in [-0.1, -0.05) is 0 Å². The Morgan fingerprint density at radius 2 is 1.94 bits per heavy atom. The molecule has 1 fully saturated rings. The van der Waals surface area contributed by atoms with Crippen molar-refractivity contribution in [2.24, 2.45) is 0 Å². The number of rotatable bonds is 3. The van der Waals surface area contributed by atoms with Crippen molar-refractivity contribution in [3.05, 3.63) is 29.8 Å². The van der Waals surface area contributed by atoms with Gasteiger partial charge < -0.3 is 14.8 Å². The van der Waals surface area contributed by atoms with Gasteiger partial charge in [0.2, 0.25) is 0 Å². The van der Waals surface area contributed by atoms with Crippen LogP contribution in [0.1, 0.15) is 18.4 Å². The van der Waals surface area contributed by atoms with Crippen LogP contribution in [0.25, 0.3) is 0 Å². The molecule has 1 aromatic rings. The van der Waals surface area contributed by atoms with Gasteiger partial charge in [0.05, 0.1) is 5.56 Å². The van der Waals surface area contributed by atoms with E-state index < -0.39 is 0 Å². The van der Waals surface area contributed by atoms with Gasteiger partial charge in [-0.05, 0) is 50.2 Å². The minimum Gasteiger partial charge on any atom is -0.490 e. The van der Waals surface area contributed by atoms with E-state index in [4.69, 9.17) is 9.47 Å². The van der Waals surface area contributed by atoms with E-state index >= 15 is 0 Å². The summed E-state index contributed by atoms with van der Waals surface area (Å²) >= 11 is 0. The molecule has 2 aliphatic heterocycles. The van der Waals surface area contributed by atoms with Gasteiger partial charge in [-0.25, -0.2) is 4.99 Å². The Morgan fingerprint density at radius 1 is 1.17 bits per heavy atom. The van der Waals surface area contributed by atoms with E-state index in [0.717, 1.165) is 56.3 Å². The molecular weight excluding hydrogens is 228 g/mol. The van der Waals surface area contributed by atoms with Crippen molar-refractivity contribution < 1.29 is 14.5 Å². The van der Waals surface area contributed by atoms with Gasteiger partial charge >= 0.3 is 5.90 Å². The highest BCUT2D eigenvalue weighted by atomic mass is 16.5. The summed E-state index contributed by atoms with van der Waals surface area (Å²) < 4.78 is 11.4. The lowest BCUT2D eigenvalue weighted by molar-refractivity contribution is -0.444. The summed E-state index contributed by atoms with van der Waals surface area (Å²) in [4.78, 5) is 3.22. The smallest absolute Gasteiger partial charge is 0.368 e. The molecule has 4 nitrogen and oxygen atoms in total. The Hall–Kier alpha value is -1.55. The lowest BCUT2D eigenvalue weighted by atomic mass is 10.1. The number of hydrogen-bond donors (Lipinski definition) is 2. The first-order chi connectivity index (χ1) is 8.92. The molecule has 0 bridgehead atoms. The number of benzene rings is 1. The van der Waals surface area contributed by atoms with Gasteiger partial charge in [-0.2, -0.15) is 0 Å². The first-order valence-electron chi connectivity index (χ1n) is 6.63. The third kappa shape index (κ3) is 2.64. The van der Waals surface area contributed by atoms with Crippen LogP contribution in [0, 0.1) is 0 Å². The molecule has 1 saturated heterocycles. The molecule has 0 atom stereocenters. The van der Waals surface area contributed by atoms with Crippen LogP contribution in [0.3, 0.4) is 0 Å². The molecule has 0 amide bonds. The van der Waals surface area contributed by atoms with E-state index in [1.807, 2.05) is 24.3 Å². The van der Waals surface area contributed by atoms with Crippen LogP contribution >= 0.6 is 0 Å². The molecule has 0 saturated carbocycles. The molecule has 1 aromatic carbocycles. The largest absolute Gasteiger partial charge is 0.490 e. The van der Waals surface area contributed by atoms with Crippen molar-refractivity contribution in [1.29, 1.82) is 0 Å². The Labute approximate surface area is 107 Å². The van der Waals surface area contributed by atoms with Crippen LogP contribution in [0.2, 0.25) is 0 Å². The standard InChI is InChI=1S/C14H18N2O2/c1-3-12(18-13-5-7-15-8-6-13)4-2-11(1)14-16-9-10-17-14/h1-4,13,15H,5-10H2/p+1. The lowest BCUT2D eigenvalue weighted by Gasteiger charge is -2.23. The Kier molecular flexibility index (Phi) is 3.46. The zero-order valence-electron chi connectivity index (χ0n) is 10.4. The molecule has 0 aromatic heterocycles. The predicted molar refractivity (Wildman–Crippen MR) is 68.9 cm³/mol. The molecule has 0 aliphatic carbocycles. The average molecular weight is 247 g/mol. The van der Waals surface area contributed by atoms with E-state index in [1.54, 1.807) is 0 Å². The van der Waals surface area contributed by atoms with E-state index in [-0.39, 0.29) is 0 Å². The highest BCUT2D eigenvalue weighted by Crippen LogP contribution is 2.17. The Balaban J connectivity index is 1.63. The highest BCUT2D eigenvalue weighted by molar-refractivity contribution is 5.90. The minimum absolute atomic E-state index is 0.352. The quantitative estimate of drug-likeness (QED) is 0.769. The first-order valence-corrected chi connectivity index (χ1v) is 6.63. The highest BCUT2D eigenvalue weighted by Gasteiger charge is 2.18. The van der Waals surface area contributed by atoms with Crippen LogP contribution in [0.15, 0.2) is 24.3 Å². The van der Waals surface area contributed by atoms with Crippen LogP contribution in [0.5, 0.6) is 5.75 Å². The van der Waals surface area contributed by atoms with E-state index in [0.29, 0.717) is 6.10 Å². The number of piperidine rings is 1. The van der Waals surface area contributed by atoms with Gasteiger partial charge in [0.25, 0.3) is 0 Å². The molecule has 4 heteroatoms. The fourth-order valence-corrected chi connectivity index (χ4v) is 2.34. The third-order valence-corrected chi connectivity index (χ3v) is 3.34. The number of hydrogen-bond acceptors (Lipinski definition) is 3. The maximum atomic E-state index is 5.96. The second-order valence-electron chi connectivity index (χ2n) is 4.70. The summed E-state index contributed by atoms with van der Waals surface area (Å²) in [6.07, 6.45) is 2.53. The molecule has 96 valence electrons. The Bertz CT molecular complexity index is 422. The lowest BCUT2D eigenvalue weighted by Crippen LogP contribution is -2.70. The molecule has 3 rings (SSSR count). The summed E-state index contributed by atoms with van der Waals surface area (Å²) in [6.45, 7) is 3.75. The van der Waals surface area contributed by atoms with E-state index in [2.05, 4.69) is 10.3 Å². The minimum atomic E-state index is 0.352. The Morgan fingerprint density at radius 3 is 2.61 bits per heavy atom. The van der Waals surface area contributed by atoms with E-state index in [1.165, 1.54) is 0 Å². The van der Waals surface area contributed by atoms with Crippen molar-refractivity contribution >= 4 is 5.90 Å². The maximum absolute atomic E-state index is 5.96. The van der Waals surface area contributed by atoms with Crippen molar-refractivity contribution in [1.82, 2.24) is 5.32 Å². The SMILES string of the molecule is c1cc(C2=[NH+]CCO2)ccc1OC1CCNCC1. The van der Waals surface area contributed by atoms with Crippen LogP contribution in [-0.2, 0) is 4.74 Å². The van der Waals surface area contributed by atoms with Gasteiger partial charge in [-0.3, -0.25) is 0 Å². The number of ether oxygens (including phenoxy) is 2. The van der Waals surface area contributed by atoms with Crippen LogP contribution in [-0.4, -0.2) is 38.2 Å². The molecule has 18 heavy (non-hydrogen) atoms. The summed E-state index contributed by atoms with van der Waals surface area (Å²) in [5.74, 6) is 1.83. The second kappa shape index (κ2) is 5.40.